The van der Waals surface area contributed by atoms with Crippen molar-refractivity contribution in [2.45, 2.75) is 6.42 Å². The van der Waals surface area contributed by atoms with Gasteiger partial charge in [-0.3, -0.25) is 4.79 Å². The quantitative estimate of drug-likeness (QED) is 0.556. The summed E-state index contributed by atoms with van der Waals surface area (Å²) in [5.41, 5.74) is 3.59. The number of para-hydroxylation sites is 1. The Bertz CT molecular complexity index is 1020. The predicted molar refractivity (Wildman–Crippen MR) is 104 cm³/mol. The summed E-state index contributed by atoms with van der Waals surface area (Å²) in [6.07, 6.45) is 7.99. The molecule has 1 amide bonds. The van der Waals surface area contributed by atoms with Gasteiger partial charge in [-0.25, -0.2) is 9.67 Å². The summed E-state index contributed by atoms with van der Waals surface area (Å²) in [5, 5.41) is 7.34. The monoisotopic (exact) mass is 357 g/mol. The Morgan fingerprint density at radius 3 is 2.81 bits per heavy atom. The third-order valence-electron chi connectivity index (χ3n) is 4.25. The number of amides is 1. The second-order valence-electron chi connectivity index (χ2n) is 6.15. The number of imidazole rings is 1. The maximum Gasteiger partial charge on any atom is 0.251 e. The number of nitrogens with zero attached hydrogens (tertiary/aromatic N) is 3. The van der Waals surface area contributed by atoms with E-state index in [1.807, 2.05) is 65.6 Å². The van der Waals surface area contributed by atoms with Crippen molar-refractivity contribution in [1.29, 1.82) is 0 Å². The molecule has 0 aliphatic carbocycles. The molecule has 2 aromatic heterocycles. The molecule has 0 unspecified atom stereocenters. The van der Waals surface area contributed by atoms with Crippen molar-refractivity contribution in [2.24, 2.45) is 0 Å². The molecule has 0 radical (unpaired) electrons. The molecule has 0 aliphatic heterocycles. The molecule has 0 atom stereocenters. The lowest BCUT2D eigenvalue weighted by Gasteiger charge is -2.06. The summed E-state index contributed by atoms with van der Waals surface area (Å²) in [6, 6.07) is 17.4. The zero-order valence-corrected chi connectivity index (χ0v) is 14.7. The first-order valence-electron chi connectivity index (χ1n) is 8.76. The molecule has 0 bridgehead atoms. The highest BCUT2D eigenvalue weighted by atomic mass is 16.1. The molecule has 6 heteroatoms. The number of carbonyl (C=O) groups excluding carboxylic acids is 1. The number of H-pyrrole nitrogens is 1. The second-order valence-corrected chi connectivity index (χ2v) is 6.15. The van der Waals surface area contributed by atoms with Crippen LogP contribution in [0.5, 0.6) is 0 Å². The third kappa shape index (κ3) is 3.95. The number of rotatable bonds is 6. The van der Waals surface area contributed by atoms with Crippen LogP contribution in [-0.4, -0.2) is 32.2 Å². The van der Waals surface area contributed by atoms with Crippen molar-refractivity contribution in [3.8, 4) is 17.1 Å². The maximum atomic E-state index is 12.4. The van der Waals surface area contributed by atoms with Crippen LogP contribution in [0.4, 0.5) is 0 Å². The van der Waals surface area contributed by atoms with Gasteiger partial charge in [0.25, 0.3) is 5.91 Å². The van der Waals surface area contributed by atoms with E-state index in [0.717, 1.165) is 29.1 Å². The predicted octanol–water partition coefficient (Wildman–Crippen LogP) is 3.23. The first-order valence-corrected chi connectivity index (χ1v) is 8.76. The lowest BCUT2D eigenvalue weighted by Crippen LogP contribution is -2.25. The van der Waals surface area contributed by atoms with Crippen LogP contribution >= 0.6 is 0 Å². The van der Waals surface area contributed by atoms with Crippen molar-refractivity contribution < 1.29 is 4.79 Å². The average Bonchev–Trinajstić information content (AvgIpc) is 3.41. The molecule has 134 valence electrons. The van der Waals surface area contributed by atoms with Gasteiger partial charge in [-0.05, 0) is 36.2 Å². The smallest absolute Gasteiger partial charge is 0.251 e. The molecular formula is C21H19N5O. The van der Waals surface area contributed by atoms with Crippen molar-refractivity contribution in [1.82, 2.24) is 25.1 Å². The number of aromatic nitrogens is 4. The van der Waals surface area contributed by atoms with Crippen LogP contribution < -0.4 is 5.32 Å². The van der Waals surface area contributed by atoms with Crippen LogP contribution in [0.2, 0.25) is 0 Å². The Kier molecular flexibility index (Phi) is 4.78. The zero-order chi connectivity index (χ0) is 18.5. The van der Waals surface area contributed by atoms with Crippen LogP contribution in [-0.2, 0) is 6.42 Å². The van der Waals surface area contributed by atoms with Crippen molar-refractivity contribution in [3.05, 3.63) is 90.5 Å². The Labute approximate surface area is 156 Å². The second kappa shape index (κ2) is 7.70. The largest absolute Gasteiger partial charge is 0.352 e. The van der Waals surface area contributed by atoms with E-state index in [9.17, 15) is 4.79 Å². The molecule has 0 aliphatic rings. The summed E-state index contributed by atoms with van der Waals surface area (Å²) in [4.78, 5) is 19.7. The summed E-state index contributed by atoms with van der Waals surface area (Å²) in [7, 11) is 0. The molecule has 0 spiro atoms. The number of aromatic amines is 1. The van der Waals surface area contributed by atoms with Crippen LogP contribution in [0.1, 0.15) is 15.9 Å². The van der Waals surface area contributed by atoms with Gasteiger partial charge in [0.05, 0.1) is 11.9 Å². The molecule has 2 heterocycles. The minimum atomic E-state index is -0.0983. The van der Waals surface area contributed by atoms with E-state index in [-0.39, 0.29) is 5.91 Å². The first kappa shape index (κ1) is 16.8. The van der Waals surface area contributed by atoms with Gasteiger partial charge in [-0.2, -0.15) is 5.10 Å². The van der Waals surface area contributed by atoms with Gasteiger partial charge in [-0.15, -0.1) is 0 Å². The minimum Gasteiger partial charge on any atom is -0.352 e. The van der Waals surface area contributed by atoms with Crippen LogP contribution in [0.3, 0.4) is 0 Å². The lowest BCUT2D eigenvalue weighted by molar-refractivity contribution is 0.0954. The zero-order valence-electron chi connectivity index (χ0n) is 14.7. The molecule has 0 saturated carbocycles. The minimum absolute atomic E-state index is 0.0983. The third-order valence-corrected chi connectivity index (χ3v) is 4.25. The van der Waals surface area contributed by atoms with Crippen LogP contribution in [0.25, 0.3) is 17.1 Å². The number of hydrogen-bond acceptors (Lipinski definition) is 3. The number of hydrogen-bond donors (Lipinski definition) is 2. The van der Waals surface area contributed by atoms with Crippen molar-refractivity contribution in [2.75, 3.05) is 6.54 Å². The molecule has 0 saturated heterocycles. The normalized spacial score (nSPS) is 10.7. The fourth-order valence-corrected chi connectivity index (χ4v) is 2.86. The molecular weight excluding hydrogens is 338 g/mol. The van der Waals surface area contributed by atoms with E-state index in [0.29, 0.717) is 12.1 Å². The number of nitrogens with one attached hydrogen (secondary N) is 2. The molecule has 27 heavy (non-hydrogen) atoms. The fraction of sp³-hybridized carbons (Fsp3) is 0.0952. The van der Waals surface area contributed by atoms with Gasteiger partial charge in [0, 0.05) is 36.3 Å². The summed E-state index contributed by atoms with van der Waals surface area (Å²) in [5.74, 6) is 0.650. The van der Waals surface area contributed by atoms with Gasteiger partial charge >= 0.3 is 0 Å². The van der Waals surface area contributed by atoms with E-state index in [2.05, 4.69) is 20.4 Å². The Morgan fingerprint density at radius 1 is 1.11 bits per heavy atom. The first-order chi connectivity index (χ1) is 13.3. The molecule has 4 aromatic rings. The van der Waals surface area contributed by atoms with Gasteiger partial charge < -0.3 is 10.3 Å². The standard InChI is InChI=1S/C21H19N5O/c27-21(18-6-4-5-17(13-18)20-22-11-12-23-20)24-10-9-16-14-25-26(15-16)19-7-2-1-3-8-19/h1-8,11-15H,9-10H2,(H,22,23)(H,24,27). The Balaban J connectivity index is 1.35. The summed E-state index contributed by atoms with van der Waals surface area (Å²) < 4.78 is 1.84. The van der Waals surface area contributed by atoms with Gasteiger partial charge in [-0.1, -0.05) is 30.3 Å². The molecule has 2 N–H and O–H groups in total. The topological polar surface area (TPSA) is 75.6 Å². The SMILES string of the molecule is O=C(NCCc1cnn(-c2ccccc2)c1)c1cccc(-c2ncc[nH]2)c1. The highest BCUT2D eigenvalue weighted by Gasteiger charge is 2.08. The van der Waals surface area contributed by atoms with Gasteiger partial charge in [0.2, 0.25) is 0 Å². The van der Waals surface area contributed by atoms with Gasteiger partial charge in [0.1, 0.15) is 5.82 Å². The highest BCUT2D eigenvalue weighted by molar-refractivity contribution is 5.95. The van der Waals surface area contributed by atoms with Gasteiger partial charge in [0.15, 0.2) is 0 Å². The summed E-state index contributed by atoms with van der Waals surface area (Å²) >= 11 is 0. The van der Waals surface area contributed by atoms with E-state index in [1.54, 1.807) is 18.5 Å². The van der Waals surface area contributed by atoms with E-state index < -0.39 is 0 Å². The average molecular weight is 357 g/mol. The number of carbonyl (C=O) groups is 1. The fourth-order valence-electron chi connectivity index (χ4n) is 2.86. The van der Waals surface area contributed by atoms with Crippen molar-refractivity contribution >= 4 is 5.91 Å². The summed E-state index contributed by atoms with van der Waals surface area (Å²) in [6.45, 7) is 0.546. The molecule has 6 nitrogen and oxygen atoms in total. The number of benzene rings is 2. The Hall–Kier alpha value is -3.67. The van der Waals surface area contributed by atoms with E-state index in [1.165, 1.54) is 0 Å². The Morgan fingerprint density at radius 2 is 2.00 bits per heavy atom. The van der Waals surface area contributed by atoms with Crippen molar-refractivity contribution in [3.63, 3.8) is 0 Å². The van der Waals surface area contributed by atoms with Crippen LogP contribution in [0.15, 0.2) is 79.4 Å². The van der Waals surface area contributed by atoms with Crippen LogP contribution in [0, 0.1) is 0 Å². The van der Waals surface area contributed by atoms with E-state index >= 15 is 0 Å². The molecule has 0 fully saturated rings. The lowest BCUT2D eigenvalue weighted by atomic mass is 10.1. The molecule has 2 aromatic carbocycles. The highest BCUT2D eigenvalue weighted by Crippen LogP contribution is 2.16. The van der Waals surface area contributed by atoms with E-state index in [4.69, 9.17) is 0 Å². The molecule has 4 rings (SSSR count). The maximum absolute atomic E-state index is 12.4.